The molecule has 2 N–H and O–H groups in total. The summed E-state index contributed by atoms with van der Waals surface area (Å²) in [5.41, 5.74) is 7.33. The number of nitrogens with two attached hydrogens (primary N) is 1. The van der Waals surface area contributed by atoms with Crippen molar-refractivity contribution in [3.8, 4) is 0 Å². The lowest BCUT2D eigenvalue weighted by Crippen LogP contribution is -2.21. The summed E-state index contributed by atoms with van der Waals surface area (Å²) >= 11 is 0. The Morgan fingerprint density at radius 2 is 1.77 bits per heavy atom. The van der Waals surface area contributed by atoms with Gasteiger partial charge in [-0.15, -0.1) is 0 Å². The van der Waals surface area contributed by atoms with Crippen LogP contribution in [0.4, 0.5) is 5.69 Å². The van der Waals surface area contributed by atoms with Crippen molar-refractivity contribution in [1.29, 1.82) is 0 Å². The molecule has 0 unspecified atom stereocenters. The van der Waals surface area contributed by atoms with E-state index in [1.807, 2.05) is 31.2 Å². The van der Waals surface area contributed by atoms with E-state index in [9.17, 15) is 0 Å². The molecule has 0 aliphatic heterocycles. The summed E-state index contributed by atoms with van der Waals surface area (Å²) in [7, 11) is 0. The Kier molecular flexibility index (Phi) is 2.94. The lowest BCUT2D eigenvalue weighted by atomic mass is 9.98. The zero-order valence-corrected chi connectivity index (χ0v) is 8.50. The largest absolute Gasteiger partial charge is 0.399 e. The summed E-state index contributed by atoms with van der Waals surface area (Å²) < 4.78 is 5.61. The number of hydrogen-bond acceptors (Lipinski definition) is 2. The number of anilines is 1. The fraction of sp³-hybridized carbons (Fsp3) is 0.455. The number of nitrogen functional groups attached to an aromatic ring is 1. The van der Waals surface area contributed by atoms with E-state index in [2.05, 4.69) is 13.8 Å². The second-order valence-electron chi connectivity index (χ2n) is 3.57. The Labute approximate surface area is 79.7 Å². The molecule has 2 nitrogen and oxygen atoms in total. The molecule has 2 heteroatoms. The maximum absolute atomic E-state index is 5.61. The van der Waals surface area contributed by atoms with Gasteiger partial charge in [-0.25, -0.2) is 0 Å². The minimum Gasteiger partial charge on any atom is -0.399 e. The van der Waals surface area contributed by atoms with Gasteiger partial charge in [-0.3, -0.25) is 0 Å². The molecule has 0 spiro atoms. The summed E-state index contributed by atoms with van der Waals surface area (Å²) in [6.45, 7) is 6.83. The van der Waals surface area contributed by atoms with E-state index in [-0.39, 0.29) is 5.60 Å². The van der Waals surface area contributed by atoms with Crippen LogP contribution in [-0.2, 0) is 10.3 Å². The minimum absolute atomic E-state index is 0.220. The second-order valence-corrected chi connectivity index (χ2v) is 3.57. The van der Waals surface area contributed by atoms with Crippen LogP contribution in [0.3, 0.4) is 0 Å². The molecular weight excluding hydrogens is 162 g/mol. The van der Waals surface area contributed by atoms with E-state index < -0.39 is 0 Å². The molecule has 1 aromatic rings. The molecule has 1 rings (SSSR count). The third-order valence-corrected chi connectivity index (χ3v) is 2.11. The van der Waals surface area contributed by atoms with E-state index in [0.29, 0.717) is 0 Å². The number of benzene rings is 1. The Morgan fingerprint density at radius 1 is 1.23 bits per heavy atom. The first-order valence-electron chi connectivity index (χ1n) is 4.56. The van der Waals surface area contributed by atoms with E-state index in [0.717, 1.165) is 17.9 Å². The van der Waals surface area contributed by atoms with Gasteiger partial charge in [-0.05, 0) is 38.5 Å². The smallest absolute Gasteiger partial charge is 0.0875 e. The lowest BCUT2D eigenvalue weighted by Gasteiger charge is -2.25. The normalized spacial score (nSPS) is 11.6. The molecule has 0 bridgehead atoms. The fourth-order valence-electron chi connectivity index (χ4n) is 1.33. The van der Waals surface area contributed by atoms with Gasteiger partial charge < -0.3 is 10.5 Å². The number of rotatable bonds is 3. The van der Waals surface area contributed by atoms with Gasteiger partial charge >= 0.3 is 0 Å². The highest BCUT2D eigenvalue weighted by Gasteiger charge is 2.19. The van der Waals surface area contributed by atoms with E-state index in [1.54, 1.807) is 0 Å². The van der Waals surface area contributed by atoms with Crippen LogP contribution in [0.2, 0.25) is 0 Å². The maximum Gasteiger partial charge on any atom is 0.0875 e. The molecule has 0 saturated heterocycles. The van der Waals surface area contributed by atoms with Crippen LogP contribution in [0.1, 0.15) is 26.3 Å². The van der Waals surface area contributed by atoms with Crippen molar-refractivity contribution in [3.05, 3.63) is 29.8 Å². The van der Waals surface area contributed by atoms with Crippen LogP contribution in [0.5, 0.6) is 0 Å². The molecule has 72 valence electrons. The van der Waals surface area contributed by atoms with E-state index >= 15 is 0 Å². The summed E-state index contributed by atoms with van der Waals surface area (Å²) in [5.74, 6) is 0. The summed E-state index contributed by atoms with van der Waals surface area (Å²) in [6, 6.07) is 7.81. The molecular formula is C11H17NO. The van der Waals surface area contributed by atoms with Crippen molar-refractivity contribution >= 4 is 5.69 Å². The molecule has 13 heavy (non-hydrogen) atoms. The first kappa shape index (κ1) is 10.1. The second kappa shape index (κ2) is 3.79. The highest BCUT2D eigenvalue weighted by molar-refractivity contribution is 5.40. The van der Waals surface area contributed by atoms with Crippen LogP contribution in [0.25, 0.3) is 0 Å². The van der Waals surface area contributed by atoms with Gasteiger partial charge in [0.1, 0.15) is 0 Å². The molecule has 0 radical (unpaired) electrons. The summed E-state index contributed by atoms with van der Waals surface area (Å²) in [6.07, 6.45) is 0. The zero-order chi connectivity index (χ0) is 9.90. The van der Waals surface area contributed by atoms with E-state index in [1.165, 1.54) is 0 Å². The third-order valence-electron chi connectivity index (χ3n) is 2.11. The van der Waals surface area contributed by atoms with Crippen LogP contribution in [0.15, 0.2) is 24.3 Å². The van der Waals surface area contributed by atoms with Crippen LogP contribution < -0.4 is 5.73 Å². The van der Waals surface area contributed by atoms with Gasteiger partial charge in [-0.2, -0.15) is 0 Å². The van der Waals surface area contributed by atoms with Crippen molar-refractivity contribution in [2.45, 2.75) is 26.4 Å². The van der Waals surface area contributed by atoms with Crippen LogP contribution in [0, 0.1) is 0 Å². The lowest BCUT2D eigenvalue weighted by molar-refractivity contribution is -0.0140. The molecule has 0 aliphatic rings. The summed E-state index contributed by atoms with van der Waals surface area (Å²) in [5, 5.41) is 0. The van der Waals surface area contributed by atoms with Gasteiger partial charge in [0.25, 0.3) is 0 Å². The zero-order valence-electron chi connectivity index (χ0n) is 8.50. The van der Waals surface area contributed by atoms with Gasteiger partial charge in [0.05, 0.1) is 5.60 Å². The maximum atomic E-state index is 5.61. The quantitative estimate of drug-likeness (QED) is 0.724. The van der Waals surface area contributed by atoms with E-state index in [4.69, 9.17) is 10.5 Å². The Morgan fingerprint density at radius 3 is 2.23 bits per heavy atom. The topological polar surface area (TPSA) is 35.2 Å². The van der Waals surface area contributed by atoms with Gasteiger partial charge in [-0.1, -0.05) is 12.1 Å². The first-order valence-corrected chi connectivity index (χ1v) is 4.56. The predicted octanol–water partition coefficient (Wildman–Crippen LogP) is 2.54. The molecule has 1 aromatic carbocycles. The average Bonchev–Trinajstić information content (AvgIpc) is 2.05. The monoisotopic (exact) mass is 179 g/mol. The minimum atomic E-state index is -0.220. The predicted molar refractivity (Wildman–Crippen MR) is 55.5 cm³/mol. The Hall–Kier alpha value is -1.02. The van der Waals surface area contributed by atoms with Gasteiger partial charge in [0, 0.05) is 12.3 Å². The van der Waals surface area contributed by atoms with Crippen molar-refractivity contribution in [3.63, 3.8) is 0 Å². The molecule has 0 fully saturated rings. The van der Waals surface area contributed by atoms with Gasteiger partial charge in [0.2, 0.25) is 0 Å². The average molecular weight is 179 g/mol. The number of hydrogen-bond donors (Lipinski definition) is 1. The van der Waals surface area contributed by atoms with Crippen molar-refractivity contribution in [2.24, 2.45) is 0 Å². The van der Waals surface area contributed by atoms with Crippen LogP contribution in [-0.4, -0.2) is 6.61 Å². The van der Waals surface area contributed by atoms with Gasteiger partial charge in [0.15, 0.2) is 0 Å². The SMILES string of the molecule is CCOC(C)(C)c1ccc(N)cc1. The van der Waals surface area contributed by atoms with Crippen LogP contribution >= 0.6 is 0 Å². The highest BCUT2D eigenvalue weighted by Crippen LogP contribution is 2.24. The fourth-order valence-corrected chi connectivity index (χ4v) is 1.33. The standard InChI is InChI=1S/C11H17NO/c1-4-13-11(2,3)9-5-7-10(12)8-6-9/h5-8H,4,12H2,1-3H3. The van der Waals surface area contributed by atoms with Crippen molar-refractivity contribution in [1.82, 2.24) is 0 Å². The third kappa shape index (κ3) is 2.46. The molecule has 0 amide bonds. The summed E-state index contributed by atoms with van der Waals surface area (Å²) in [4.78, 5) is 0. The molecule has 0 saturated carbocycles. The Bertz CT molecular complexity index is 264. The first-order chi connectivity index (χ1) is 6.06. The van der Waals surface area contributed by atoms with Crippen molar-refractivity contribution in [2.75, 3.05) is 12.3 Å². The molecule has 0 aromatic heterocycles. The molecule has 0 atom stereocenters. The molecule has 0 heterocycles. The van der Waals surface area contributed by atoms with Crippen molar-refractivity contribution < 1.29 is 4.74 Å². The number of ether oxygens (including phenoxy) is 1. The Balaban J connectivity index is 2.87. The highest BCUT2D eigenvalue weighted by atomic mass is 16.5. The molecule has 0 aliphatic carbocycles.